The second kappa shape index (κ2) is 5.29. The molecule has 0 unspecified atom stereocenters. The Kier molecular flexibility index (Phi) is 4.03. The molecule has 1 amide bonds. The molecule has 0 fully saturated rings. The first-order valence-electron chi connectivity index (χ1n) is 4.97. The van der Waals surface area contributed by atoms with Gasteiger partial charge >= 0.3 is 5.97 Å². The first-order chi connectivity index (χ1) is 7.95. The smallest absolute Gasteiger partial charge is 0.325 e. The van der Waals surface area contributed by atoms with Gasteiger partial charge in [0.15, 0.2) is 5.78 Å². The fourth-order valence-electron chi connectivity index (χ4n) is 1.26. The Morgan fingerprint density at radius 2 is 2.06 bits per heavy atom. The fraction of sp³-hybridized carbons (Fsp3) is 0.364. The number of esters is 1. The van der Waals surface area contributed by atoms with Crippen LogP contribution in [0.2, 0.25) is 0 Å². The number of H-pyrrole nitrogens is 1. The third kappa shape index (κ3) is 3.17. The van der Waals surface area contributed by atoms with Crippen molar-refractivity contribution in [3.8, 4) is 0 Å². The summed E-state index contributed by atoms with van der Waals surface area (Å²) in [6, 6.07) is 1.46. The van der Waals surface area contributed by atoms with Gasteiger partial charge in [-0.1, -0.05) is 0 Å². The number of likely N-dealkylation sites (N-methyl/N-ethyl adjacent to an activating group) is 1. The minimum Gasteiger partial charge on any atom is -0.468 e. The Hall–Kier alpha value is -2.11. The van der Waals surface area contributed by atoms with Crippen LogP contribution in [0.1, 0.15) is 27.8 Å². The highest BCUT2D eigenvalue weighted by Gasteiger charge is 2.17. The van der Waals surface area contributed by atoms with Crippen molar-refractivity contribution in [2.75, 3.05) is 20.7 Å². The van der Waals surface area contributed by atoms with Crippen LogP contribution in [0.3, 0.4) is 0 Å². The van der Waals surface area contributed by atoms with Crippen LogP contribution in [0.4, 0.5) is 0 Å². The number of nitrogens with zero attached hydrogens (tertiary/aromatic N) is 1. The number of Topliss-reactive ketones (excluding diaryl/α,β-unsaturated/α-hetero) is 1. The van der Waals surface area contributed by atoms with Crippen LogP contribution in [0, 0.1) is 0 Å². The molecule has 6 nitrogen and oxygen atoms in total. The van der Waals surface area contributed by atoms with Crippen LogP contribution < -0.4 is 0 Å². The maximum atomic E-state index is 11.8. The predicted octanol–water partition coefficient (Wildman–Crippen LogP) is 0.462. The van der Waals surface area contributed by atoms with Crippen molar-refractivity contribution < 1.29 is 19.1 Å². The molecule has 0 atom stereocenters. The Morgan fingerprint density at radius 1 is 1.41 bits per heavy atom. The lowest BCUT2D eigenvalue weighted by atomic mass is 10.2. The number of carbonyl (C=O) groups is 3. The van der Waals surface area contributed by atoms with Crippen LogP contribution >= 0.6 is 0 Å². The van der Waals surface area contributed by atoms with Crippen molar-refractivity contribution in [3.05, 3.63) is 23.5 Å². The van der Waals surface area contributed by atoms with Gasteiger partial charge in [-0.2, -0.15) is 0 Å². The van der Waals surface area contributed by atoms with E-state index in [1.54, 1.807) is 0 Å². The second-order valence-corrected chi connectivity index (χ2v) is 3.60. The number of aromatic nitrogens is 1. The summed E-state index contributed by atoms with van der Waals surface area (Å²) in [6.45, 7) is 1.28. The number of nitrogens with one attached hydrogen (secondary N) is 1. The van der Waals surface area contributed by atoms with Gasteiger partial charge in [-0.25, -0.2) is 0 Å². The summed E-state index contributed by atoms with van der Waals surface area (Å²) in [6.07, 6.45) is 1.46. The van der Waals surface area contributed by atoms with Crippen molar-refractivity contribution in [3.63, 3.8) is 0 Å². The van der Waals surface area contributed by atoms with E-state index in [0.717, 1.165) is 0 Å². The normalized spacial score (nSPS) is 9.82. The molecule has 1 N–H and O–H groups in total. The van der Waals surface area contributed by atoms with Crippen molar-refractivity contribution in [2.24, 2.45) is 0 Å². The molecule has 92 valence electrons. The monoisotopic (exact) mass is 238 g/mol. The third-order valence-electron chi connectivity index (χ3n) is 2.26. The second-order valence-electron chi connectivity index (χ2n) is 3.60. The van der Waals surface area contributed by atoms with Crippen LogP contribution in [-0.4, -0.2) is 48.2 Å². The third-order valence-corrected chi connectivity index (χ3v) is 2.26. The van der Waals surface area contributed by atoms with E-state index in [0.29, 0.717) is 5.56 Å². The molecule has 6 heteroatoms. The highest BCUT2D eigenvalue weighted by atomic mass is 16.5. The van der Waals surface area contributed by atoms with Gasteiger partial charge in [0.1, 0.15) is 12.2 Å². The molecule has 1 heterocycles. The molecule has 1 rings (SSSR count). The molecular formula is C11H14N2O4. The van der Waals surface area contributed by atoms with Crippen molar-refractivity contribution in [2.45, 2.75) is 6.92 Å². The molecule has 0 bridgehead atoms. The van der Waals surface area contributed by atoms with E-state index in [-0.39, 0.29) is 23.9 Å². The van der Waals surface area contributed by atoms with Crippen molar-refractivity contribution >= 4 is 17.7 Å². The van der Waals surface area contributed by atoms with Crippen LogP contribution in [-0.2, 0) is 9.53 Å². The fourth-order valence-corrected chi connectivity index (χ4v) is 1.26. The first-order valence-corrected chi connectivity index (χ1v) is 4.97. The van der Waals surface area contributed by atoms with Crippen LogP contribution in [0.5, 0.6) is 0 Å². The molecule has 1 aromatic heterocycles. The largest absolute Gasteiger partial charge is 0.468 e. The summed E-state index contributed by atoms with van der Waals surface area (Å²) in [5.74, 6) is -1.00. The van der Waals surface area contributed by atoms with E-state index in [4.69, 9.17) is 0 Å². The Bertz CT molecular complexity index is 450. The first kappa shape index (κ1) is 13.0. The van der Waals surface area contributed by atoms with Gasteiger partial charge in [-0.3, -0.25) is 14.4 Å². The molecule has 0 aliphatic carbocycles. The Morgan fingerprint density at radius 3 is 2.53 bits per heavy atom. The minimum absolute atomic E-state index is 0.129. The lowest BCUT2D eigenvalue weighted by Gasteiger charge is -2.14. The van der Waals surface area contributed by atoms with E-state index in [1.165, 1.54) is 38.2 Å². The SMILES string of the molecule is COC(=O)CN(C)C(=O)c1cc(C(C)=O)c[nH]1. The number of methoxy groups -OCH3 is 1. The number of ketones is 1. The summed E-state index contributed by atoms with van der Waals surface area (Å²) in [5.41, 5.74) is 0.696. The van der Waals surface area contributed by atoms with Gasteiger partial charge in [-0.15, -0.1) is 0 Å². The summed E-state index contributed by atoms with van der Waals surface area (Å²) in [4.78, 5) is 37.8. The van der Waals surface area contributed by atoms with Crippen molar-refractivity contribution in [1.82, 2.24) is 9.88 Å². The number of aromatic amines is 1. The quantitative estimate of drug-likeness (QED) is 0.610. The van der Waals surface area contributed by atoms with Crippen LogP contribution in [0.15, 0.2) is 12.3 Å². The summed E-state index contributed by atoms with van der Waals surface area (Å²) in [7, 11) is 2.73. The number of hydrogen-bond acceptors (Lipinski definition) is 4. The van der Waals surface area contributed by atoms with Gasteiger partial charge < -0.3 is 14.6 Å². The highest BCUT2D eigenvalue weighted by Crippen LogP contribution is 2.06. The summed E-state index contributed by atoms with van der Waals surface area (Å²) >= 11 is 0. The Labute approximate surface area is 98.6 Å². The Balaban J connectivity index is 2.74. The predicted molar refractivity (Wildman–Crippen MR) is 59.8 cm³/mol. The molecule has 0 aliphatic heterocycles. The number of carbonyl (C=O) groups excluding carboxylic acids is 3. The van der Waals surface area contributed by atoms with Gasteiger partial charge in [-0.05, 0) is 13.0 Å². The molecule has 0 saturated carbocycles. The number of rotatable bonds is 4. The zero-order valence-corrected chi connectivity index (χ0v) is 9.94. The maximum absolute atomic E-state index is 11.8. The van der Waals surface area contributed by atoms with Crippen LogP contribution in [0.25, 0.3) is 0 Å². The molecule has 0 aliphatic rings. The van der Waals surface area contributed by atoms with E-state index in [9.17, 15) is 14.4 Å². The molecule has 0 spiro atoms. The van der Waals surface area contributed by atoms with E-state index in [2.05, 4.69) is 9.72 Å². The summed E-state index contributed by atoms with van der Waals surface area (Å²) < 4.78 is 4.45. The average molecular weight is 238 g/mol. The van der Waals surface area contributed by atoms with Gasteiger partial charge in [0.2, 0.25) is 0 Å². The minimum atomic E-state index is -0.501. The van der Waals surface area contributed by atoms with Gasteiger partial charge in [0.25, 0.3) is 5.91 Å². The lowest BCUT2D eigenvalue weighted by Crippen LogP contribution is -2.32. The maximum Gasteiger partial charge on any atom is 0.325 e. The van der Waals surface area contributed by atoms with Crippen molar-refractivity contribution in [1.29, 1.82) is 0 Å². The molecule has 1 aromatic rings. The van der Waals surface area contributed by atoms with E-state index in [1.807, 2.05) is 0 Å². The van der Waals surface area contributed by atoms with E-state index < -0.39 is 5.97 Å². The lowest BCUT2D eigenvalue weighted by molar-refractivity contribution is -0.141. The molecule has 0 aromatic carbocycles. The molecule has 0 saturated heterocycles. The summed E-state index contributed by atoms with van der Waals surface area (Å²) in [5, 5.41) is 0. The average Bonchev–Trinajstić information content (AvgIpc) is 2.77. The number of hydrogen-bond donors (Lipinski definition) is 1. The zero-order valence-electron chi connectivity index (χ0n) is 9.94. The highest BCUT2D eigenvalue weighted by molar-refractivity contribution is 5.99. The van der Waals surface area contributed by atoms with Gasteiger partial charge in [0, 0.05) is 18.8 Å². The molecule has 0 radical (unpaired) electrons. The van der Waals surface area contributed by atoms with Gasteiger partial charge in [0.05, 0.1) is 7.11 Å². The standard InChI is InChI=1S/C11H14N2O4/c1-7(14)8-4-9(12-5-8)11(16)13(2)6-10(15)17-3/h4-5,12H,6H2,1-3H3. The molecule has 17 heavy (non-hydrogen) atoms. The topological polar surface area (TPSA) is 79.5 Å². The van der Waals surface area contributed by atoms with E-state index >= 15 is 0 Å². The molecular weight excluding hydrogens is 224 g/mol. The number of amides is 1. The zero-order chi connectivity index (χ0) is 13.0. The number of ether oxygens (including phenoxy) is 1.